The number of ether oxygens (including phenoxy) is 2. The molecule has 0 amide bonds. The van der Waals surface area contributed by atoms with Crippen LogP contribution in [0.2, 0.25) is 0 Å². The molecule has 0 saturated carbocycles. The molecule has 48 heavy (non-hydrogen) atoms. The van der Waals surface area contributed by atoms with E-state index in [9.17, 15) is 18.4 Å². The van der Waals surface area contributed by atoms with Crippen LogP contribution in [0.5, 0.6) is 23.0 Å². The van der Waals surface area contributed by atoms with E-state index in [4.69, 9.17) is 9.47 Å². The Hall–Kier alpha value is -6.40. The van der Waals surface area contributed by atoms with Gasteiger partial charge in [-0.15, -0.1) is 0 Å². The van der Waals surface area contributed by atoms with Crippen molar-refractivity contribution in [3.05, 3.63) is 204 Å². The van der Waals surface area contributed by atoms with Crippen LogP contribution < -0.4 is 9.47 Å². The van der Waals surface area contributed by atoms with Gasteiger partial charge in [0.25, 0.3) is 0 Å². The van der Waals surface area contributed by atoms with Crippen molar-refractivity contribution < 1.29 is 27.8 Å². The Bertz CT molecular complexity index is 1820. The van der Waals surface area contributed by atoms with Gasteiger partial charge in [0.2, 0.25) is 0 Å². The molecule has 6 aromatic carbocycles. The van der Waals surface area contributed by atoms with Gasteiger partial charge in [-0.1, -0.05) is 72.8 Å². The highest BCUT2D eigenvalue weighted by Gasteiger charge is 2.03. The average Bonchev–Trinajstić information content (AvgIpc) is 3.12. The molecule has 0 aliphatic carbocycles. The van der Waals surface area contributed by atoms with Gasteiger partial charge in [-0.2, -0.15) is 0 Å². The van der Waals surface area contributed by atoms with Crippen LogP contribution in [0.3, 0.4) is 0 Å². The van der Waals surface area contributed by atoms with Gasteiger partial charge in [0.05, 0.1) is 0 Å². The molecule has 0 heterocycles. The largest absolute Gasteiger partial charge is 0.457 e. The van der Waals surface area contributed by atoms with Gasteiger partial charge in [-0.25, -0.2) is 8.78 Å². The molecule has 6 heteroatoms. The van der Waals surface area contributed by atoms with Crippen LogP contribution in [0.15, 0.2) is 170 Å². The fourth-order valence-electron chi connectivity index (χ4n) is 4.31. The highest BCUT2D eigenvalue weighted by molar-refractivity contribution is 6.07. The van der Waals surface area contributed by atoms with Crippen molar-refractivity contribution in [3.8, 4) is 23.0 Å². The van der Waals surface area contributed by atoms with Crippen molar-refractivity contribution in [1.29, 1.82) is 0 Å². The monoisotopic (exact) mass is 636 g/mol. The molecule has 0 bridgehead atoms. The number of para-hydroxylation sites is 2. The molecule has 236 valence electrons. The summed E-state index contributed by atoms with van der Waals surface area (Å²) in [6.07, 6.45) is 6.39. The maximum Gasteiger partial charge on any atom is 0.185 e. The van der Waals surface area contributed by atoms with Gasteiger partial charge in [0.1, 0.15) is 34.6 Å². The quantitative estimate of drug-likeness (QED) is 0.111. The molecule has 0 spiro atoms. The maximum absolute atomic E-state index is 12.9. The second-order valence-electron chi connectivity index (χ2n) is 10.4. The minimum Gasteiger partial charge on any atom is -0.457 e. The van der Waals surface area contributed by atoms with Crippen molar-refractivity contribution in [2.24, 2.45) is 0 Å². The van der Waals surface area contributed by atoms with Gasteiger partial charge < -0.3 is 9.47 Å². The second-order valence-corrected chi connectivity index (χ2v) is 10.4. The fraction of sp³-hybridized carbons (Fsp3) is 0. The van der Waals surface area contributed by atoms with Gasteiger partial charge in [-0.05, 0) is 120 Å². The lowest BCUT2D eigenvalue weighted by Gasteiger charge is -2.05. The molecule has 0 fully saturated rings. The van der Waals surface area contributed by atoms with Gasteiger partial charge in [-0.3, -0.25) is 9.59 Å². The zero-order valence-electron chi connectivity index (χ0n) is 25.7. The highest BCUT2D eigenvalue weighted by Crippen LogP contribution is 2.23. The molecule has 0 aliphatic heterocycles. The first-order valence-corrected chi connectivity index (χ1v) is 15.0. The molecule has 0 aliphatic rings. The molecular weight excluding hydrogens is 606 g/mol. The summed E-state index contributed by atoms with van der Waals surface area (Å²) in [6.45, 7) is 0. The lowest BCUT2D eigenvalue weighted by molar-refractivity contribution is 0.103. The Labute approximate surface area is 277 Å². The number of carbonyl (C=O) groups excluding carboxylic acids is 2. The van der Waals surface area contributed by atoms with Crippen LogP contribution in [0, 0.1) is 11.6 Å². The lowest BCUT2D eigenvalue weighted by Crippen LogP contribution is -1.93. The van der Waals surface area contributed by atoms with Crippen LogP contribution in [-0.4, -0.2) is 11.6 Å². The number of ketones is 2. The zero-order chi connectivity index (χ0) is 33.6. The maximum atomic E-state index is 12.9. The van der Waals surface area contributed by atoms with Crippen LogP contribution in [0.4, 0.5) is 8.78 Å². The smallest absolute Gasteiger partial charge is 0.185 e. The van der Waals surface area contributed by atoms with E-state index in [1.54, 1.807) is 12.2 Å². The number of halogens is 2. The standard InChI is InChI=1S/2C21H15FO2/c2*22-18-11-9-17(10-12-18)21(23)15-8-16-6-13-20(14-7-16)24-19-4-2-1-3-5-19/h2*1-15H/b2*15-8+. The Balaban J connectivity index is 0.000000188. The molecule has 6 aromatic rings. The summed E-state index contributed by atoms with van der Waals surface area (Å²) in [6, 6.07) is 44.9. The molecule has 0 atom stereocenters. The predicted octanol–water partition coefficient (Wildman–Crippen LogP) is 11.0. The van der Waals surface area contributed by atoms with Gasteiger partial charge >= 0.3 is 0 Å². The Morgan fingerprint density at radius 3 is 1.04 bits per heavy atom. The average molecular weight is 637 g/mol. The lowest BCUT2D eigenvalue weighted by atomic mass is 10.1. The van der Waals surface area contributed by atoms with Crippen LogP contribution in [-0.2, 0) is 0 Å². The van der Waals surface area contributed by atoms with E-state index in [1.807, 2.05) is 109 Å². The minimum absolute atomic E-state index is 0.167. The van der Waals surface area contributed by atoms with Crippen LogP contribution in [0.25, 0.3) is 12.2 Å². The summed E-state index contributed by atoms with van der Waals surface area (Å²) in [5.74, 6) is 1.94. The molecule has 0 saturated heterocycles. The van der Waals surface area contributed by atoms with E-state index >= 15 is 0 Å². The normalized spacial score (nSPS) is 10.7. The number of allylic oxidation sites excluding steroid dienone is 2. The number of benzene rings is 6. The molecule has 4 nitrogen and oxygen atoms in total. The van der Waals surface area contributed by atoms with E-state index in [0.717, 1.165) is 34.1 Å². The summed E-state index contributed by atoms with van der Waals surface area (Å²) in [5, 5.41) is 0. The molecule has 0 aromatic heterocycles. The number of hydrogen-bond donors (Lipinski definition) is 0. The van der Waals surface area contributed by atoms with Gasteiger partial charge in [0.15, 0.2) is 11.6 Å². The first-order valence-electron chi connectivity index (χ1n) is 15.0. The van der Waals surface area contributed by atoms with E-state index in [-0.39, 0.29) is 23.2 Å². The van der Waals surface area contributed by atoms with E-state index in [0.29, 0.717) is 11.1 Å². The van der Waals surface area contributed by atoms with Gasteiger partial charge in [0, 0.05) is 11.1 Å². The van der Waals surface area contributed by atoms with Crippen molar-refractivity contribution in [1.82, 2.24) is 0 Å². The first kappa shape index (κ1) is 33.0. The summed E-state index contributed by atoms with van der Waals surface area (Å²) >= 11 is 0. The predicted molar refractivity (Wildman–Crippen MR) is 185 cm³/mol. The third-order valence-corrected chi connectivity index (χ3v) is 6.83. The summed E-state index contributed by atoms with van der Waals surface area (Å²) in [5.41, 5.74) is 2.67. The third-order valence-electron chi connectivity index (χ3n) is 6.83. The fourth-order valence-corrected chi connectivity index (χ4v) is 4.31. The Kier molecular flexibility index (Phi) is 11.5. The van der Waals surface area contributed by atoms with Crippen molar-refractivity contribution in [2.75, 3.05) is 0 Å². The molecule has 0 N–H and O–H groups in total. The Morgan fingerprint density at radius 2 is 0.708 bits per heavy atom. The number of hydrogen-bond acceptors (Lipinski definition) is 4. The first-order chi connectivity index (χ1) is 23.4. The molecule has 0 unspecified atom stereocenters. The molecule has 0 radical (unpaired) electrons. The summed E-state index contributed by atoms with van der Waals surface area (Å²) in [4.78, 5) is 24.0. The third kappa shape index (κ3) is 10.3. The van der Waals surface area contributed by atoms with E-state index < -0.39 is 0 Å². The van der Waals surface area contributed by atoms with E-state index in [1.165, 1.54) is 60.7 Å². The highest BCUT2D eigenvalue weighted by atomic mass is 19.1. The zero-order valence-corrected chi connectivity index (χ0v) is 25.7. The molecule has 6 rings (SSSR count). The van der Waals surface area contributed by atoms with Crippen LogP contribution >= 0.6 is 0 Å². The molecular formula is C42H30F2O4. The van der Waals surface area contributed by atoms with E-state index in [2.05, 4.69) is 0 Å². The summed E-state index contributed by atoms with van der Waals surface area (Å²) in [7, 11) is 0. The Morgan fingerprint density at radius 1 is 0.396 bits per heavy atom. The minimum atomic E-state index is -0.357. The number of carbonyl (C=O) groups is 2. The summed E-state index contributed by atoms with van der Waals surface area (Å²) < 4.78 is 37.1. The number of rotatable bonds is 10. The van der Waals surface area contributed by atoms with Crippen molar-refractivity contribution in [2.45, 2.75) is 0 Å². The topological polar surface area (TPSA) is 52.6 Å². The SMILES string of the molecule is O=C(/C=C/c1ccc(Oc2ccccc2)cc1)c1ccc(F)cc1.O=C(/C=C/c1ccc(Oc2ccccc2)cc1)c1ccc(F)cc1. The van der Waals surface area contributed by atoms with Crippen molar-refractivity contribution in [3.63, 3.8) is 0 Å². The van der Waals surface area contributed by atoms with Crippen molar-refractivity contribution >= 4 is 23.7 Å². The van der Waals surface area contributed by atoms with Crippen LogP contribution in [0.1, 0.15) is 31.8 Å². The second kappa shape index (κ2) is 16.8.